The Hall–Kier alpha value is -2.17. The van der Waals surface area contributed by atoms with Crippen LogP contribution in [0.1, 0.15) is 16.8 Å². The lowest BCUT2D eigenvalue weighted by atomic mass is 10.1. The Morgan fingerprint density at radius 1 is 1.14 bits per heavy atom. The summed E-state index contributed by atoms with van der Waals surface area (Å²) in [6, 6.07) is 13.9. The Morgan fingerprint density at radius 3 is 2.64 bits per heavy atom. The molecule has 22 heavy (non-hydrogen) atoms. The van der Waals surface area contributed by atoms with Crippen LogP contribution in [0.5, 0.6) is 0 Å². The van der Waals surface area contributed by atoms with E-state index < -0.39 is 0 Å². The van der Waals surface area contributed by atoms with Crippen LogP contribution in [-0.4, -0.2) is 15.0 Å². The van der Waals surface area contributed by atoms with Gasteiger partial charge in [0.2, 0.25) is 0 Å². The highest BCUT2D eigenvalue weighted by atomic mass is 35.5. The SMILES string of the molecule is Cc1ccc(C)c(-n2nnc(CN)c2-c2ccccc2Cl)c1. The summed E-state index contributed by atoms with van der Waals surface area (Å²) < 4.78 is 1.83. The fourth-order valence-electron chi connectivity index (χ4n) is 2.49. The number of halogens is 1. The van der Waals surface area contributed by atoms with Gasteiger partial charge in [0.05, 0.1) is 10.7 Å². The molecule has 0 unspecified atom stereocenters. The van der Waals surface area contributed by atoms with Crippen LogP contribution >= 0.6 is 11.6 Å². The first-order valence-corrected chi connectivity index (χ1v) is 7.46. The van der Waals surface area contributed by atoms with Gasteiger partial charge in [-0.05, 0) is 37.1 Å². The molecule has 0 saturated carbocycles. The first kappa shape index (κ1) is 14.8. The molecule has 0 atom stereocenters. The summed E-state index contributed by atoms with van der Waals surface area (Å²) in [4.78, 5) is 0. The van der Waals surface area contributed by atoms with E-state index in [0.717, 1.165) is 33.8 Å². The maximum atomic E-state index is 6.37. The molecular formula is C17H17ClN4. The van der Waals surface area contributed by atoms with Gasteiger partial charge >= 0.3 is 0 Å². The van der Waals surface area contributed by atoms with Crippen LogP contribution in [0.3, 0.4) is 0 Å². The molecule has 2 aromatic carbocycles. The van der Waals surface area contributed by atoms with Crippen molar-refractivity contribution in [1.29, 1.82) is 0 Å². The first-order chi connectivity index (χ1) is 10.6. The summed E-state index contributed by atoms with van der Waals surface area (Å²) in [6.07, 6.45) is 0. The zero-order valence-corrected chi connectivity index (χ0v) is 13.3. The molecule has 0 bridgehead atoms. The van der Waals surface area contributed by atoms with Crippen molar-refractivity contribution < 1.29 is 0 Å². The third-order valence-corrected chi connectivity index (χ3v) is 3.98. The van der Waals surface area contributed by atoms with E-state index in [2.05, 4.69) is 42.4 Å². The maximum absolute atomic E-state index is 6.37. The van der Waals surface area contributed by atoms with Gasteiger partial charge in [-0.3, -0.25) is 0 Å². The molecule has 0 amide bonds. The number of rotatable bonds is 3. The predicted octanol–water partition coefficient (Wildman–Crippen LogP) is 3.66. The molecular weight excluding hydrogens is 296 g/mol. The summed E-state index contributed by atoms with van der Waals surface area (Å²) >= 11 is 6.37. The van der Waals surface area contributed by atoms with Gasteiger partial charge in [0.15, 0.2) is 0 Å². The summed E-state index contributed by atoms with van der Waals surface area (Å²) in [5.74, 6) is 0. The van der Waals surface area contributed by atoms with Crippen LogP contribution in [0.4, 0.5) is 0 Å². The monoisotopic (exact) mass is 312 g/mol. The standard InChI is InChI=1S/C17H17ClN4/c1-11-7-8-12(2)16(9-11)22-17(15(10-19)20-21-22)13-5-3-4-6-14(13)18/h3-9H,10,19H2,1-2H3. The minimum Gasteiger partial charge on any atom is -0.325 e. The van der Waals surface area contributed by atoms with E-state index in [1.165, 1.54) is 0 Å². The van der Waals surface area contributed by atoms with Crippen molar-refractivity contribution in [2.75, 3.05) is 0 Å². The number of hydrogen-bond acceptors (Lipinski definition) is 3. The van der Waals surface area contributed by atoms with Gasteiger partial charge in [-0.2, -0.15) is 0 Å². The van der Waals surface area contributed by atoms with Gasteiger partial charge in [-0.1, -0.05) is 47.1 Å². The Bertz CT molecular complexity index is 823. The minimum absolute atomic E-state index is 0.311. The predicted molar refractivity (Wildman–Crippen MR) is 89.2 cm³/mol. The van der Waals surface area contributed by atoms with Crippen LogP contribution in [0.2, 0.25) is 5.02 Å². The van der Waals surface area contributed by atoms with Crippen molar-refractivity contribution in [2.24, 2.45) is 5.73 Å². The van der Waals surface area contributed by atoms with Crippen LogP contribution in [-0.2, 0) is 6.54 Å². The van der Waals surface area contributed by atoms with E-state index in [-0.39, 0.29) is 0 Å². The Labute approximate surface area is 134 Å². The van der Waals surface area contributed by atoms with Crippen molar-refractivity contribution in [1.82, 2.24) is 15.0 Å². The summed E-state index contributed by atoms with van der Waals surface area (Å²) in [7, 11) is 0. The molecule has 0 saturated heterocycles. The number of aryl methyl sites for hydroxylation is 2. The van der Waals surface area contributed by atoms with Gasteiger partial charge in [0, 0.05) is 12.1 Å². The molecule has 0 radical (unpaired) electrons. The molecule has 0 aliphatic heterocycles. The molecule has 2 N–H and O–H groups in total. The fraction of sp³-hybridized carbons (Fsp3) is 0.176. The van der Waals surface area contributed by atoms with E-state index in [4.69, 9.17) is 17.3 Å². The second-order valence-electron chi connectivity index (χ2n) is 5.27. The summed E-state index contributed by atoms with van der Waals surface area (Å²) in [5, 5.41) is 9.19. The van der Waals surface area contributed by atoms with Gasteiger partial charge < -0.3 is 5.73 Å². The van der Waals surface area contributed by atoms with Crippen molar-refractivity contribution >= 4 is 11.6 Å². The molecule has 5 heteroatoms. The quantitative estimate of drug-likeness (QED) is 0.803. The lowest BCUT2D eigenvalue weighted by molar-refractivity contribution is 0.795. The fourth-order valence-corrected chi connectivity index (χ4v) is 2.71. The van der Waals surface area contributed by atoms with E-state index in [1.807, 2.05) is 28.9 Å². The molecule has 1 heterocycles. The van der Waals surface area contributed by atoms with Gasteiger partial charge in [0.25, 0.3) is 0 Å². The highest BCUT2D eigenvalue weighted by molar-refractivity contribution is 6.33. The lowest BCUT2D eigenvalue weighted by Gasteiger charge is -2.12. The minimum atomic E-state index is 0.311. The van der Waals surface area contributed by atoms with E-state index in [9.17, 15) is 0 Å². The average Bonchev–Trinajstić information content (AvgIpc) is 2.93. The van der Waals surface area contributed by atoms with Crippen molar-refractivity contribution in [3.8, 4) is 16.9 Å². The molecule has 1 aromatic heterocycles. The van der Waals surface area contributed by atoms with Crippen LogP contribution in [0.25, 0.3) is 16.9 Å². The first-order valence-electron chi connectivity index (χ1n) is 7.09. The smallest absolute Gasteiger partial charge is 0.105 e. The van der Waals surface area contributed by atoms with E-state index in [0.29, 0.717) is 11.6 Å². The van der Waals surface area contributed by atoms with Gasteiger partial charge in [-0.25, -0.2) is 4.68 Å². The van der Waals surface area contributed by atoms with Crippen LogP contribution in [0, 0.1) is 13.8 Å². The zero-order valence-electron chi connectivity index (χ0n) is 12.5. The van der Waals surface area contributed by atoms with Crippen LogP contribution in [0.15, 0.2) is 42.5 Å². The second-order valence-corrected chi connectivity index (χ2v) is 5.68. The van der Waals surface area contributed by atoms with Crippen molar-refractivity contribution in [2.45, 2.75) is 20.4 Å². The number of benzene rings is 2. The van der Waals surface area contributed by atoms with Gasteiger partial charge in [0.1, 0.15) is 11.4 Å². The van der Waals surface area contributed by atoms with E-state index >= 15 is 0 Å². The van der Waals surface area contributed by atoms with Crippen LogP contribution < -0.4 is 5.73 Å². The summed E-state index contributed by atoms with van der Waals surface area (Å²) in [5.41, 5.74) is 11.6. The van der Waals surface area contributed by atoms with Crippen molar-refractivity contribution in [3.05, 3.63) is 64.3 Å². The molecule has 0 fully saturated rings. The Morgan fingerprint density at radius 2 is 1.91 bits per heavy atom. The lowest BCUT2D eigenvalue weighted by Crippen LogP contribution is -2.04. The normalized spacial score (nSPS) is 10.9. The number of aromatic nitrogens is 3. The third-order valence-electron chi connectivity index (χ3n) is 3.66. The number of hydrogen-bond donors (Lipinski definition) is 1. The second kappa shape index (κ2) is 5.91. The molecule has 0 aliphatic rings. The summed E-state index contributed by atoms with van der Waals surface area (Å²) in [6.45, 7) is 4.42. The molecule has 112 valence electrons. The third kappa shape index (κ3) is 2.51. The number of nitrogens with zero attached hydrogens (tertiary/aromatic N) is 3. The molecule has 3 aromatic rings. The largest absolute Gasteiger partial charge is 0.325 e. The topological polar surface area (TPSA) is 56.7 Å². The highest BCUT2D eigenvalue weighted by Crippen LogP contribution is 2.31. The van der Waals surface area contributed by atoms with E-state index in [1.54, 1.807) is 0 Å². The highest BCUT2D eigenvalue weighted by Gasteiger charge is 2.18. The average molecular weight is 313 g/mol. The molecule has 4 nitrogen and oxygen atoms in total. The van der Waals surface area contributed by atoms with Crippen molar-refractivity contribution in [3.63, 3.8) is 0 Å². The maximum Gasteiger partial charge on any atom is 0.105 e. The molecule has 0 aliphatic carbocycles. The Kier molecular flexibility index (Phi) is 3.96. The number of nitrogens with two attached hydrogens (primary N) is 1. The zero-order chi connectivity index (χ0) is 15.7. The molecule has 3 rings (SSSR count). The van der Waals surface area contributed by atoms with Gasteiger partial charge in [-0.15, -0.1) is 5.10 Å². The Balaban J connectivity index is 2.29. The molecule has 0 spiro atoms.